The Hall–Kier alpha value is -9.61. The fourth-order valence-electron chi connectivity index (χ4n) is 12.7. The number of benzene rings is 13. The Labute approximate surface area is 417 Å². The molecule has 0 atom stereocenters. The second-order valence-electron chi connectivity index (χ2n) is 19.2. The van der Waals surface area contributed by atoms with Gasteiger partial charge in [0, 0.05) is 0 Å². The lowest BCUT2D eigenvalue weighted by molar-refractivity contribution is 1.48. The minimum atomic E-state index is 0.633. The maximum absolute atomic E-state index is 10.8. The summed E-state index contributed by atoms with van der Waals surface area (Å²) in [5.41, 5.74) is 24.8. The summed E-state index contributed by atoms with van der Waals surface area (Å²) in [6.45, 7) is 0. The highest BCUT2D eigenvalue weighted by Gasteiger charge is 2.33. The summed E-state index contributed by atoms with van der Waals surface area (Å²) in [5, 5.41) is 20.6. The molecule has 0 bridgehead atoms. The third kappa shape index (κ3) is 5.75. The molecule has 0 aromatic heterocycles. The third-order valence-corrected chi connectivity index (χ3v) is 15.5. The molecule has 0 radical (unpaired) electrons. The average Bonchev–Trinajstić information content (AvgIpc) is 3.96. The summed E-state index contributed by atoms with van der Waals surface area (Å²) >= 11 is 0. The van der Waals surface area contributed by atoms with E-state index in [1.807, 2.05) is 0 Å². The van der Waals surface area contributed by atoms with Crippen molar-refractivity contribution in [2.24, 2.45) is 0 Å². The van der Waals surface area contributed by atoms with Gasteiger partial charge in [-0.15, -0.1) is 0 Å². The molecule has 0 aliphatic heterocycles. The molecule has 330 valence electrons. The van der Waals surface area contributed by atoms with Crippen LogP contribution < -0.4 is 0 Å². The van der Waals surface area contributed by atoms with Crippen LogP contribution in [-0.4, -0.2) is 0 Å². The molecular formula is C71H41N. The third-order valence-electron chi connectivity index (χ3n) is 15.5. The average molecular weight is 908 g/mol. The van der Waals surface area contributed by atoms with Gasteiger partial charge in [-0.2, -0.15) is 5.26 Å². The first-order chi connectivity index (χ1) is 35.7. The molecule has 13 aromatic carbocycles. The molecule has 0 saturated heterocycles. The van der Waals surface area contributed by atoms with Crippen molar-refractivity contribution in [3.63, 3.8) is 0 Å². The Morgan fingerprint density at radius 3 is 0.806 bits per heavy atom. The van der Waals surface area contributed by atoms with Crippen LogP contribution in [0.25, 0.3) is 154 Å². The maximum atomic E-state index is 10.8. The van der Waals surface area contributed by atoms with Gasteiger partial charge in [-0.1, -0.05) is 231 Å². The van der Waals surface area contributed by atoms with Gasteiger partial charge in [0.2, 0.25) is 0 Å². The smallest absolute Gasteiger partial charge is 0.0992 e. The van der Waals surface area contributed by atoms with Gasteiger partial charge < -0.3 is 0 Å². The molecule has 1 nitrogen and oxygen atoms in total. The van der Waals surface area contributed by atoms with Gasteiger partial charge in [0.25, 0.3) is 0 Å². The molecule has 2 aliphatic carbocycles. The van der Waals surface area contributed by atoms with Crippen LogP contribution in [0.3, 0.4) is 0 Å². The van der Waals surface area contributed by atoms with Crippen LogP contribution in [0.1, 0.15) is 5.56 Å². The summed E-state index contributed by atoms with van der Waals surface area (Å²) in [6.07, 6.45) is 0. The van der Waals surface area contributed by atoms with Crippen LogP contribution in [0.5, 0.6) is 0 Å². The SMILES string of the molecule is N#Cc1cc(-c2ccc3c4c(cccc24)-c2c-3c(-c3ccccc3)c3ccccc3c2-c2ccccc2)cc(-c2ccc3c4c(cccc24)-c2c-3c(-c3ccccc3)c3ccccc3c2-c2ccccc2)c1. The van der Waals surface area contributed by atoms with E-state index in [0.717, 1.165) is 22.3 Å². The topological polar surface area (TPSA) is 23.8 Å². The molecule has 2 aliphatic rings. The standard InChI is InChI=1S/C71H41N/c72-42-43-39-48(50-35-37-60-66-52(50)31-17-33-58(66)68-62(44-19-5-1-6-20-44)54-27-13-15-29-56(54)64(70(60)68)46-23-9-3-10-24-46)41-49(40-43)51-36-38-61-67-53(51)32-18-34-59(67)69-63(45-21-7-2-8-22-45)55-28-14-16-30-57(55)65(71(61)69)47-25-11-4-12-26-47/h1-41H. The van der Waals surface area contributed by atoms with Crippen molar-refractivity contribution in [1.82, 2.24) is 0 Å². The Kier molecular flexibility index (Phi) is 8.79. The molecule has 0 fully saturated rings. The predicted octanol–water partition coefficient (Wildman–Crippen LogP) is 19.5. The van der Waals surface area contributed by atoms with Crippen LogP contribution in [0.15, 0.2) is 249 Å². The molecule has 15 rings (SSSR count). The molecule has 1 heteroatoms. The highest BCUT2D eigenvalue weighted by molar-refractivity contribution is 6.30. The number of nitrogens with zero attached hydrogens (tertiary/aromatic N) is 1. The van der Waals surface area contributed by atoms with Crippen molar-refractivity contribution in [2.75, 3.05) is 0 Å². The fraction of sp³-hybridized carbons (Fsp3) is 0. The first kappa shape index (κ1) is 40.3. The lowest BCUT2D eigenvalue weighted by atomic mass is 9.82. The van der Waals surface area contributed by atoms with Crippen molar-refractivity contribution in [3.8, 4) is 117 Å². The Morgan fingerprint density at radius 2 is 0.486 bits per heavy atom. The molecule has 0 unspecified atom stereocenters. The van der Waals surface area contributed by atoms with E-state index in [2.05, 4.69) is 255 Å². The number of hydrogen-bond acceptors (Lipinski definition) is 1. The number of fused-ring (bicyclic) bond motifs is 8. The normalized spacial score (nSPS) is 11.9. The zero-order chi connectivity index (χ0) is 47.4. The molecule has 0 heterocycles. The van der Waals surface area contributed by atoms with Gasteiger partial charge >= 0.3 is 0 Å². The quantitative estimate of drug-likeness (QED) is 0.163. The van der Waals surface area contributed by atoms with Gasteiger partial charge in [0.15, 0.2) is 0 Å². The molecule has 13 aromatic rings. The second-order valence-corrected chi connectivity index (χ2v) is 19.2. The van der Waals surface area contributed by atoms with Gasteiger partial charge in [-0.05, 0) is 173 Å². The second kappa shape index (κ2) is 15.7. The van der Waals surface area contributed by atoms with E-state index in [4.69, 9.17) is 0 Å². The van der Waals surface area contributed by atoms with Gasteiger partial charge in [0.1, 0.15) is 0 Å². The van der Waals surface area contributed by atoms with Crippen molar-refractivity contribution in [1.29, 1.82) is 5.26 Å². The van der Waals surface area contributed by atoms with E-state index in [1.165, 1.54) is 132 Å². The van der Waals surface area contributed by atoms with E-state index in [1.54, 1.807) is 0 Å². The van der Waals surface area contributed by atoms with Crippen molar-refractivity contribution in [2.45, 2.75) is 0 Å². The van der Waals surface area contributed by atoms with E-state index >= 15 is 0 Å². The molecule has 0 amide bonds. The van der Waals surface area contributed by atoms with E-state index in [9.17, 15) is 5.26 Å². The monoisotopic (exact) mass is 907 g/mol. The highest BCUT2D eigenvalue weighted by Crippen LogP contribution is 2.60. The summed E-state index contributed by atoms with van der Waals surface area (Å²) in [6, 6.07) is 93.4. The summed E-state index contributed by atoms with van der Waals surface area (Å²) < 4.78 is 0. The first-order valence-corrected chi connectivity index (χ1v) is 24.8. The van der Waals surface area contributed by atoms with Crippen LogP contribution in [-0.2, 0) is 0 Å². The van der Waals surface area contributed by atoms with Crippen LogP contribution in [0.4, 0.5) is 0 Å². The van der Waals surface area contributed by atoms with Crippen LogP contribution >= 0.6 is 0 Å². The molecule has 0 saturated carbocycles. The van der Waals surface area contributed by atoms with E-state index < -0.39 is 0 Å². The van der Waals surface area contributed by atoms with Crippen molar-refractivity contribution < 1.29 is 0 Å². The number of nitriles is 1. The highest BCUT2D eigenvalue weighted by atomic mass is 14.4. The lowest BCUT2D eigenvalue weighted by Crippen LogP contribution is -1.93. The summed E-state index contributed by atoms with van der Waals surface area (Å²) in [4.78, 5) is 0. The first-order valence-electron chi connectivity index (χ1n) is 24.8. The lowest BCUT2D eigenvalue weighted by Gasteiger charge is -2.20. The van der Waals surface area contributed by atoms with E-state index in [0.29, 0.717) is 5.56 Å². The van der Waals surface area contributed by atoms with Gasteiger partial charge in [0.05, 0.1) is 11.6 Å². The van der Waals surface area contributed by atoms with Crippen molar-refractivity contribution in [3.05, 3.63) is 254 Å². The Morgan fingerprint density at radius 1 is 0.208 bits per heavy atom. The largest absolute Gasteiger partial charge is 0.192 e. The number of hydrogen-bond donors (Lipinski definition) is 0. The molecule has 0 spiro atoms. The molecule has 72 heavy (non-hydrogen) atoms. The number of rotatable bonds is 6. The minimum absolute atomic E-state index is 0.633. The van der Waals surface area contributed by atoms with Crippen LogP contribution in [0.2, 0.25) is 0 Å². The van der Waals surface area contributed by atoms with Crippen LogP contribution in [0, 0.1) is 11.3 Å². The summed E-state index contributed by atoms with van der Waals surface area (Å²) in [5.74, 6) is 0. The predicted molar refractivity (Wildman–Crippen MR) is 303 cm³/mol. The Balaban J connectivity index is 0.962. The van der Waals surface area contributed by atoms with Crippen molar-refractivity contribution >= 4 is 43.1 Å². The summed E-state index contributed by atoms with van der Waals surface area (Å²) in [7, 11) is 0. The van der Waals surface area contributed by atoms with E-state index in [-0.39, 0.29) is 0 Å². The fourth-order valence-corrected chi connectivity index (χ4v) is 12.7. The zero-order valence-electron chi connectivity index (χ0n) is 39.1. The maximum Gasteiger partial charge on any atom is 0.0992 e. The van der Waals surface area contributed by atoms with Gasteiger partial charge in [-0.25, -0.2) is 0 Å². The minimum Gasteiger partial charge on any atom is -0.192 e. The Bertz CT molecular complexity index is 4000. The molecule has 0 N–H and O–H groups in total. The molecular weight excluding hydrogens is 867 g/mol. The zero-order valence-corrected chi connectivity index (χ0v) is 39.1. The van der Waals surface area contributed by atoms with Gasteiger partial charge in [-0.3, -0.25) is 0 Å².